The second-order valence-electron chi connectivity index (χ2n) is 5.52. The molecule has 0 heterocycles. The Morgan fingerprint density at radius 1 is 1.00 bits per heavy atom. The van der Waals surface area contributed by atoms with Gasteiger partial charge in [-0.2, -0.15) is 0 Å². The van der Waals surface area contributed by atoms with Gasteiger partial charge in [0.1, 0.15) is 5.75 Å². The van der Waals surface area contributed by atoms with Crippen LogP contribution in [-0.2, 0) is 12.8 Å². The van der Waals surface area contributed by atoms with Crippen molar-refractivity contribution in [2.75, 3.05) is 7.11 Å². The predicted molar refractivity (Wildman–Crippen MR) is 86.0 cm³/mol. The first-order chi connectivity index (χ1) is 10.1. The number of hydrogen-bond acceptors (Lipinski definition) is 2. The van der Waals surface area contributed by atoms with Crippen LogP contribution in [0.15, 0.2) is 48.5 Å². The van der Waals surface area contributed by atoms with E-state index in [1.54, 1.807) is 7.11 Å². The molecule has 0 unspecified atom stereocenters. The maximum atomic E-state index is 12.2. The summed E-state index contributed by atoms with van der Waals surface area (Å²) in [5, 5.41) is 0. The van der Waals surface area contributed by atoms with Gasteiger partial charge in [0, 0.05) is 11.5 Å². The molecular formula is C19H22O2. The number of Topliss-reactive ketones (excluding diaryl/α,β-unsaturated/α-hetero) is 1. The van der Waals surface area contributed by atoms with Crippen molar-refractivity contribution < 1.29 is 9.53 Å². The molecule has 0 aliphatic rings. The molecule has 2 rings (SSSR count). The zero-order valence-corrected chi connectivity index (χ0v) is 12.9. The standard InChI is InChI=1S/C19H22O2/c1-14(2)19(20)18-7-5-4-6-16(18)11-8-15-9-12-17(21-3)13-10-15/h4-7,9-10,12-14H,8,11H2,1-3H3. The van der Waals surface area contributed by atoms with Gasteiger partial charge in [0.2, 0.25) is 0 Å². The second kappa shape index (κ2) is 7.07. The SMILES string of the molecule is COc1ccc(CCc2ccccc2C(=O)C(C)C)cc1. The van der Waals surface area contributed by atoms with Gasteiger partial charge < -0.3 is 4.74 Å². The summed E-state index contributed by atoms with van der Waals surface area (Å²) in [4.78, 5) is 12.2. The van der Waals surface area contributed by atoms with E-state index in [2.05, 4.69) is 18.2 Å². The van der Waals surface area contributed by atoms with Gasteiger partial charge in [-0.15, -0.1) is 0 Å². The second-order valence-corrected chi connectivity index (χ2v) is 5.52. The predicted octanol–water partition coefficient (Wildman–Crippen LogP) is 4.32. The number of methoxy groups -OCH3 is 1. The maximum Gasteiger partial charge on any atom is 0.165 e. The monoisotopic (exact) mass is 282 g/mol. The number of carbonyl (C=O) groups is 1. The molecule has 0 bridgehead atoms. The molecule has 0 atom stereocenters. The summed E-state index contributed by atoms with van der Waals surface area (Å²) in [5.41, 5.74) is 3.25. The Morgan fingerprint density at radius 3 is 2.29 bits per heavy atom. The highest BCUT2D eigenvalue weighted by Gasteiger charge is 2.14. The summed E-state index contributed by atoms with van der Waals surface area (Å²) in [5.74, 6) is 1.13. The van der Waals surface area contributed by atoms with Gasteiger partial charge in [0.25, 0.3) is 0 Å². The average molecular weight is 282 g/mol. The first kappa shape index (κ1) is 15.3. The molecule has 0 aromatic heterocycles. The van der Waals surface area contributed by atoms with Crippen LogP contribution in [0.5, 0.6) is 5.75 Å². The fourth-order valence-corrected chi connectivity index (χ4v) is 2.36. The minimum absolute atomic E-state index is 0.0344. The molecule has 0 spiro atoms. The minimum atomic E-state index is 0.0344. The van der Waals surface area contributed by atoms with Gasteiger partial charge in [0.05, 0.1) is 7.11 Å². The average Bonchev–Trinajstić information content (AvgIpc) is 2.53. The van der Waals surface area contributed by atoms with Crippen molar-refractivity contribution in [3.63, 3.8) is 0 Å². The van der Waals surface area contributed by atoms with Crippen LogP contribution in [0.1, 0.15) is 35.3 Å². The van der Waals surface area contributed by atoms with Crippen molar-refractivity contribution in [2.24, 2.45) is 5.92 Å². The summed E-state index contributed by atoms with van der Waals surface area (Å²) >= 11 is 0. The fraction of sp³-hybridized carbons (Fsp3) is 0.316. The van der Waals surface area contributed by atoms with Crippen LogP contribution in [0.3, 0.4) is 0 Å². The maximum absolute atomic E-state index is 12.2. The lowest BCUT2D eigenvalue weighted by atomic mass is 9.93. The van der Waals surface area contributed by atoms with E-state index in [1.807, 2.05) is 44.2 Å². The number of rotatable bonds is 6. The number of benzene rings is 2. The highest BCUT2D eigenvalue weighted by molar-refractivity contribution is 5.98. The summed E-state index contributed by atoms with van der Waals surface area (Å²) in [7, 11) is 1.67. The lowest BCUT2D eigenvalue weighted by Gasteiger charge is -2.11. The lowest BCUT2D eigenvalue weighted by Crippen LogP contribution is -2.10. The smallest absolute Gasteiger partial charge is 0.165 e. The third kappa shape index (κ3) is 3.94. The van der Waals surface area contributed by atoms with E-state index in [0.29, 0.717) is 0 Å². The van der Waals surface area contributed by atoms with E-state index in [9.17, 15) is 4.79 Å². The summed E-state index contributed by atoms with van der Waals surface area (Å²) in [6, 6.07) is 16.0. The van der Waals surface area contributed by atoms with Crippen molar-refractivity contribution in [3.8, 4) is 5.75 Å². The molecule has 2 aromatic rings. The Morgan fingerprint density at radius 2 is 1.67 bits per heavy atom. The summed E-state index contributed by atoms with van der Waals surface area (Å²) in [6.45, 7) is 3.89. The van der Waals surface area contributed by atoms with E-state index in [-0.39, 0.29) is 11.7 Å². The van der Waals surface area contributed by atoms with Gasteiger partial charge in [-0.3, -0.25) is 4.79 Å². The Balaban J connectivity index is 2.10. The molecule has 0 saturated carbocycles. The van der Waals surface area contributed by atoms with Gasteiger partial charge in [-0.25, -0.2) is 0 Å². The molecule has 0 radical (unpaired) electrons. The molecule has 0 saturated heterocycles. The normalized spacial score (nSPS) is 10.7. The van der Waals surface area contributed by atoms with Gasteiger partial charge in [-0.05, 0) is 36.1 Å². The van der Waals surface area contributed by atoms with E-state index in [1.165, 1.54) is 5.56 Å². The van der Waals surface area contributed by atoms with Crippen molar-refractivity contribution >= 4 is 5.78 Å². The largest absolute Gasteiger partial charge is 0.497 e. The summed E-state index contributed by atoms with van der Waals surface area (Å²) < 4.78 is 5.16. The quantitative estimate of drug-likeness (QED) is 0.738. The first-order valence-electron chi connectivity index (χ1n) is 7.37. The topological polar surface area (TPSA) is 26.3 Å². The van der Waals surface area contributed by atoms with Crippen LogP contribution in [-0.4, -0.2) is 12.9 Å². The van der Waals surface area contributed by atoms with E-state index < -0.39 is 0 Å². The van der Waals surface area contributed by atoms with Crippen molar-refractivity contribution in [1.82, 2.24) is 0 Å². The van der Waals surface area contributed by atoms with Crippen LogP contribution >= 0.6 is 0 Å². The number of ether oxygens (including phenoxy) is 1. The van der Waals surface area contributed by atoms with Crippen LogP contribution in [0.25, 0.3) is 0 Å². The molecule has 0 aliphatic carbocycles. The molecule has 0 fully saturated rings. The van der Waals surface area contributed by atoms with Crippen LogP contribution in [0.2, 0.25) is 0 Å². The Hall–Kier alpha value is -2.09. The fourth-order valence-electron chi connectivity index (χ4n) is 2.36. The lowest BCUT2D eigenvalue weighted by molar-refractivity contribution is 0.0938. The number of aryl methyl sites for hydroxylation is 2. The molecule has 0 aliphatic heterocycles. The first-order valence-corrected chi connectivity index (χ1v) is 7.37. The molecule has 0 N–H and O–H groups in total. The van der Waals surface area contributed by atoms with Crippen molar-refractivity contribution in [1.29, 1.82) is 0 Å². The van der Waals surface area contributed by atoms with Gasteiger partial charge in [0.15, 0.2) is 5.78 Å². The van der Waals surface area contributed by atoms with E-state index in [0.717, 1.165) is 29.7 Å². The van der Waals surface area contributed by atoms with Crippen molar-refractivity contribution in [3.05, 3.63) is 65.2 Å². The Labute approximate surface area is 126 Å². The third-order valence-corrected chi connectivity index (χ3v) is 3.65. The zero-order valence-electron chi connectivity index (χ0n) is 12.9. The molecular weight excluding hydrogens is 260 g/mol. The molecule has 2 aromatic carbocycles. The number of carbonyl (C=O) groups excluding carboxylic acids is 1. The van der Waals surface area contributed by atoms with Crippen LogP contribution in [0, 0.1) is 5.92 Å². The molecule has 0 amide bonds. The van der Waals surface area contributed by atoms with Crippen molar-refractivity contribution in [2.45, 2.75) is 26.7 Å². The highest BCUT2D eigenvalue weighted by atomic mass is 16.5. The van der Waals surface area contributed by atoms with Gasteiger partial charge in [-0.1, -0.05) is 50.2 Å². The van der Waals surface area contributed by atoms with Crippen LogP contribution in [0.4, 0.5) is 0 Å². The molecule has 2 heteroatoms. The number of ketones is 1. The minimum Gasteiger partial charge on any atom is -0.497 e. The number of hydrogen-bond donors (Lipinski definition) is 0. The molecule has 110 valence electrons. The van der Waals surface area contributed by atoms with E-state index in [4.69, 9.17) is 4.74 Å². The molecule has 21 heavy (non-hydrogen) atoms. The molecule has 2 nitrogen and oxygen atoms in total. The van der Waals surface area contributed by atoms with Crippen LogP contribution < -0.4 is 4.74 Å². The third-order valence-electron chi connectivity index (χ3n) is 3.65. The highest BCUT2D eigenvalue weighted by Crippen LogP contribution is 2.18. The summed E-state index contributed by atoms with van der Waals surface area (Å²) in [6.07, 6.45) is 1.80. The van der Waals surface area contributed by atoms with E-state index >= 15 is 0 Å². The Kier molecular flexibility index (Phi) is 5.15. The zero-order chi connectivity index (χ0) is 15.2. The van der Waals surface area contributed by atoms with Gasteiger partial charge >= 0.3 is 0 Å². The Bertz CT molecular complexity index is 597.